The number of fused-ring (bicyclic) bond motifs is 1. The van der Waals surface area contributed by atoms with E-state index in [0.29, 0.717) is 35.6 Å². The molecule has 3 aromatic carbocycles. The molecule has 36 heavy (non-hydrogen) atoms. The summed E-state index contributed by atoms with van der Waals surface area (Å²) in [7, 11) is 2.99. The van der Waals surface area contributed by atoms with Gasteiger partial charge in [-0.25, -0.2) is 24.3 Å². The van der Waals surface area contributed by atoms with Crippen molar-refractivity contribution in [1.29, 1.82) is 0 Å². The number of carbonyl (C=O) groups excluding carboxylic acids is 1. The summed E-state index contributed by atoms with van der Waals surface area (Å²) >= 11 is 0. The van der Waals surface area contributed by atoms with Crippen LogP contribution >= 0.6 is 0 Å². The highest BCUT2D eigenvalue weighted by atomic mass is 16.5. The lowest BCUT2D eigenvalue weighted by Crippen LogP contribution is -2.10. The number of nitrogens with one attached hydrogen (secondary N) is 2. The molecule has 0 unspecified atom stereocenters. The van der Waals surface area contributed by atoms with Crippen LogP contribution in [0.25, 0.3) is 17.0 Å². The smallest absolute Gasteiger partial charge is 0.337 e. The maximum absolute atomic E-state index is 11.9. The third kappa shape index (κ3) is 4.78. The van der Waals surface area contributed by atoms with Crippen molar-refractivity contribution in [1.82, 2.24) is 24.5 Å². The maximum Gasteiger partial charge on any atom is 0.337 e. The number of ether oxygens (including phenoxy) is 2. The average Bonchev–Trinajstić information content (AvgIpc) is 3.30. The first-order valence-electron chi connectivity index (χ1n) is 11.1. The minimum atomic E-state index is -0.424. The third-order valence-corrected chi connectivity index (χ3v) is 5.47. The first-order chi connectivity index (χ1) is 17.6. The number of methoxy groups -OCH3 is 2. The van der Waals surface area contributed by atoms with Crippen LogP contribution in [0.3, 0.4) is 0 Å². The third-order valence-electron chi connectivity index (χ3n) is 5.47. The first-order valence-corrected chi connectivity index (χ1v) is 11.1. The Kier molecular flexibility index (Phi) is 6.39. The number of anilines is 3. The van der Waals surface area contributed by atoms with E-state index < -0.39 is 5.97 Å². The Balaban J connectivity index is 1.45. The van der Waals surface area contributed by atoms with E-state index in [0.717, 1.165) is 22.3 Å². The van der Waals surface area contributed by atoms with E-state index in [-0.39, 0.29) is 0 Å². The van der Waals surface area contributed by atoms with Crippen molar-refractivity contribution in [2.24, 2.45) is 0 Å². The van der Waals surface area contributed by atoms with E-state index in [1.165, 1.54) is 13.4 Å². The minimum Gasteiger partial charge on any atom is -0.497 e. The van der Waals surface area contributed by atoms with Crippen LogP contribution in [0.5, 0.6) is 5.75 Å². The van der Waals surface area contributed by atoms with E-state index >= 15 is 0 Å². The Morgan fingerprint density at radius 1 is 0.944 bits per heavy atom. The predicted octanol–water partition coefficient (Wildman–Crippen LogP) is 4.36. The fourth-order valence-electron chi connectivity index (χ4n) is 3.70. The lowest BCUT2D eigenvalue weighted by atomic mass is 10.2. The zero-order chi connectivity index (χ0) is 24.9. The van der Waals surface area contributed by atoms with Gasteiger partial charge in [0.1, 0.15) is 12.1 Å². The Hall–Kier alpha value is -4.99. The molecule has 5 aromatic rings. The summed E-state index contributed by atoms with van der Waals surface area (Å²) in [6, 6.07) is 22.5. The maximum atomic E-state index is 11.9. The number of hydrogen-bond acceptors (Lipinski definition) is 9. The molecule has 2 heterocycles. The number of carbonyl (C=O) groups is 1. The zero-order valence-electron chi connectivity index (χ0n) is 19.7. The second kappa shape index (κ2) is 10.1. The number of benzene rings is 3. The highest BCUT2D eigenvalue weighted by Gasteiger charge is 2.15. The number of esters is 1. The Labute approximate surface area is 207 Å². The second-order valence-electron chi connectivity index (χ2n) is 7.77. The molecule has 0 fully saturated rings. The molecule has 5 rings (SSSR count). The predicted molar refractivity (Wildman–Crippen MR) is 136 cm³/mol. The highest BCUT2D eigenvalue weighted by molar-refractivity contribution is 5.90. The molecule has 0 atom stereocenters. The van der Waals surface area contributed by atoms with E-state index in [2.05, 4.69) is 25.6 Å². The normalized spacial score (nSPS) is 10.7. The standard InChI is InChI=1S/C26H23N7O3/c1-35-20-12-10-17(11-13-20)15-27-25-31-21-8-3-4-9-22(21)33(25)26-29-16-28-24(32-26)30-19-7-5-6-18(14-19)23(34)36-2/h3-14,16H,15H2,1-2H3,(H,27,31)(H,28,29,30,32). The Morgan fingerprint density at radius 2 is 1.78 bits per heavy atom. The van der Waals surface area contributed by atoms with Gasteiger partial charge in [-0.05, 0) is 48.0 Å². The van der Waals surface area contributed by atoms with E-state index in [1.54, 1.807) is 25.3 Å². The van der Waals surface area contributed by atoms with Crippen molar-refractivity contribution in [2.75, 3.05) is 24.9 Å². The van der Waals surface area contributed by atoms with Crippen molar-refractivity contribution < 1.29 is 14.3 Å². The van der Waals surface area contributed by atoms with Crippen LogP contribution in [0.1, 0.15) is 15.9 Å². The number of para-hydroxylation sites is 2. The molecule has 0 bridgehead atoms. The van der Waals surface area contributed by atoms with Gasteiger partial charge in [0, 0.05) is 12.2 Å². The van der Waals surface area contributed by atoms with Gasteiger partial charge in [-0.15, -0.1) is 0 Å². The zero-order valence-corrected chi connectivity index (χ0v) is 19.7. The summed E-state index contributed by atoms with van der Waals surface area (Å²) in [5, 5.41) is 6.52. The molecule has 0 saturated carbocycles. The second-order valence-corrected chi connectivity index (χ2v) is 7.77. The van der Waals surface area contributed by atoms with Gasteiger partial charge in [0.05, 0.1) is 30.8 Å². The van der Waals surface area contributed by atoms with Crippen LogP contribution in [-0.4, -0.2) is 44.7 Å². The molecule has 180 valence electrons. The van der Waals surface area contributed by atoms with Gasteiger partial charge in [0.15, 0.2) is 0 Å². The Morgan fingerprint density at radius 3 is 2.58 bits per heavy atom. The fourth-order valence-corrected chi connectivity index (χ4v) is 3.70. The summed E-state index contributed by atoms with van der Waals surface area (Å²) < 4.78 is 11.9. The molecule has 10 nitrogen and oxygen atoms in total. The van der Waals surface area contributed by atoms with Gasteiger partial charge >= 0.3 is 5.97 Å². The monoisotopic (exact) mass is 481 g/mol. The Bertz CT molecular complexity index is 1520. The molecule has 0 amide bonds. The summed E-state index contributed by atoms with van der Waals surface area (Å²) in [6.45, 7) is 0.545. The highest BCUT2D eigenvalue weighted by Crippen LogP contribution is 2.24. The minimum absolute atomic E-state index is 0.320. The molecular weight excluding hydrogens is 458 g/mol. The van der Waals surface area contributed by atoms with Gasteiger partial charge < -0.3 is 20.1 Å². The molecule has 2 N–H and O–H groups in total. The number of rotatable bonds is 8. The SMILES string of the molecule is COC(=O)c1cccc(Nc2ncnc(-n3c(NCc4ccc(OC)cc4)nc4ccccc43)n2)c1. The van der Waals surface area contributed by atoms with E-state index in [9.17, 15) is 4.79 Å². The van der Waals surface area contributed by atoms with Crippen molar-refractivity contribution in [2.45, 2.75) is 6.54 Å². The van der Waals surface area contributed by atoms with Crippen molar-refractivity contribution in [3.05, 3.63) is 90.3 Å². The largest absolute Gasteiger partial charge is 0.497 e. The topological polar surface area (TPSA) is 116 Å². The van der Waals surface area contributed by atoms with Crippen LogP contribution < -0.4 is 15.4 Å². The summed E-state index contributed by atoms with van der Waals surface area (Å²) in [4.78, 5) is 29.9. The molecular formula is C26H23N7O3. The van der Waals surface area contributed by atoms with Gasteiger partial charge in [0.2, 0.25) is 17.8 Å². The summed E-state index contributed by atoms with van der Waals surface area (Å²) in [6.07, 6.45) is 1.43. The lowest BCUT2D eigenvalue weighted by molar-refractivity contribution is 0.0601. The van der Waals surface area contributed by atoms with Crippen LogP contribution in [0.15, 0.2) is 79.1 Å². The molecule has 0 aliphatic rings. The molecule has 0 aliphatic heterocycles. The first kappa shape index (κ1) is 22.8. The number of imidazole rings is 1. The summed E-state index contributed by atoms with van der Waals surface area (Å²) in [5.41, 5.74) is 3.78. The number of hydrogen-bond donors (Lipinski definition) is 2. The van der Waals surface area contributed by atoms with Crippen molar-refractivity contribution in [3.63, 3.8) is 0 Å². The molecule has 2 aromatic heterocycles. The lowest BCUT2D eigenvalue weighted by Gasteiger charge is -2.11. The number of nitrogens with zero attached hydrogens (tertiary/aromatic N) is 5. The van der Waals surface area contributed by atoms with Crippen molar-refractivity contribution >= 4 is 34.6 Å². The molecule has 0 spiro atoms. The van der Waals surface area contributed by atoms with Crippen LogP contribution in [0.4, 0.5) is 17.6 Å². The van der Waals surface area contributed by atoms with Crippen LogP contribution in [-0.2, 0) is 11.3 Å². The van der Waals surface area contributed by atoms with E-state index in [1.807, 2.05) is 59.2 Å². The number of aromatic nitrogens is 5. The molecule has 10 heteroatoms. The van der Waals surface area contributed by atoms with Gasteiger partial charge in [-0.3, -0.25) is 0 Å². The van der Waals surface area contributed by atoms with E-state index in [4.69, 9.17) is 14.5 Å². The van der Waals surface area contributed by atoms with Gasteiger partial charge in [-0.1, -0.05) is 30.3 Å². The molecule has 0 radical (unpaired) electrons. The average molecular weight is 482 g/mol. The molecule has 0 aliphatic carbocycles. The van der Waals surface area contributed by atoms with Crippen molar-refractivity contribution in [3.8, 4) is 11.7 Å². The quantitative estimate of drug-likeness (QED) is 0.312. The fraction of sp³-hybridized carbons (Fsp3) is 0.115. The van der Waals surface area contributed by atoms with Crippen LogP contribution in [0, 0.1) is 0 Å². The summed E-state index contributed by atoms with van der Waals surface area (Å²) in [5.74, 6) is 1.68. The molecule has 0 saturated heterocycles. The van der Waals surface area contributed by atoms with Gasteiger partial charge in [-0.2, -0.15) is 4.98 Å². The van der Waals surface area contributed by atoms with Gasteiger partial charge in [0.25, 0.3) is 0 Å². The van der Waals surface area contributed by atoms with Crippen LogP contribution in [0.2, 0.25) is 0 Å².